The van der Waals surface area contributed by atoms with Crippen LogP contribution in [0.3, 0.4) is 0 Å². The van der Waals surface area contributed by atoms with E-state index in [0.717, 1.165) is 19.1 Å². The van der Waals surface area contributed by atoms with E-state index in [1.807, 2.05) is 0 Å². The van der Waals surface area contributed by atoms with Gasteiger partial charge in [-0.1, -0.05) is 73.7 Å². The second-order valence-electron chi connectivity index (χ2n) is 9.11. The molecule has 0 unspecified atom stereocenters. The van der Waals surface area contributed by atoms with Gasteiger partial charge in [0.1, 0.15) is 13.2 Å². The smallest absolute Gasteiger partial charge is 0.417 e. The van der Waals surface area contributed by atoms with Crippen LogP contribution in [0.25, 0.3) is 0 Å². The van der Waals surface area contributed by atoms with Gasteiger partial charge in [-0.2, -0.15) is 17.6 Å². The highest BCUT2D eigenvalue weighted by atomic mass is 19.4. The lowest BCUT2D eigenvalue weighted by atomic mass is 9.77. The molecule has 0 N–H and O–H groups in total. The summed E-state index contributed by atoms with van der Waals surface area (Å²) < 4.78 is 87.9. The number of benzene rings is 3. The summed E-state index contributed by atoms with van der Waals surface area (Å²) >= 11 is 0. The Morgan fingerprint density at radius 3 is 2.05 bits per heavy atom. The molecule has 4 rings (SSSR count). The van der Waals surface area contributed by atoms with Crippen LogP contribution in [-0.4, -0.2) is 23.9 Å². The van der Waals surface area contributed by atoms with Crippen LogP contribution in [0.15, 0.2) is 72.8 Å². The number of carbonyl (C=O) groups excluding carboxylic acids is 1. The first kappa shape index (κ1) is 26.6. The van der Waals surface area contributed by atoms with Gasteiger partial charge in [0.05, 0.1) is 0 Å². The average Bonchev–Trinajstić information content (AvgIpc) is 3.16. The number of halogens is 5. The van der Waals surface area contributed by atoms with Crippen molar-refractivity contribution < 1.29 is 41.0 Å². The van der Waals surface area contributed by atoms with Crippen molar-refractivity contribution in [3.8, 4) is 5.75 Å². The maximum absolute atomic E-state index is 15.0. The van der Waals surface area contributed by atoms with E-state index in [0.29, 0.717) is 11.1 Å². The van der Waals surface area contributed by atoms with Crippen LogP contribution in [0.5, 0.6) is 5.75 Å². The monoisotopic (exact) mass is 520 g/mol. The van der Waals surface area contributed by atoms with E-state index in [-0.39, 0.29) is 18.8 Å². The van der Waals surface area contributed by atoms with Crippen LogP contribution in [0.1, 0.15) is 36.5 Å². The third-order valence-electron chi connectivity index (χ3n) is 6.79. The molecule has 0 spiro atoms. The minimum atomic E-state index is -4.86. The molecule has 0 aliphatic carbocycles. The summed E-state index contributed by atoms with van der Waals surface area (Å²) in [5, 5.41) is 0. The summed E-state index contributed by atoms with van der Waals surface area (Å²) in [4.78, 5) is 13.1. The van der Waals surface area contributed by atoms with E-state index in [9.17, 15) is 26.7 Å². The summed E-state index contributed by atoms with van der Waals surface area (Å²) in [5.74, 6) is -6.93. The minimum absolute atomic E-state index is 0.114. The highest BCUT2D eigenvalue weighted by Crippen LogP contribution is 2.55. The van der Waals surface area contributed by atoms with Crippen LogP contribution >= 0.6 is 0 Å². The fourth-order valence-electron chi connectivity index (χ4n) is 4.50. The van der Waals surface area contributed by atoms with Gasteiger partial charge in [0.2, 0.25) is 5.82 Å². The number of hydrogen-bond donors (Lipinski definition) is 0. The standard InChI is InChI=1S/C28H25F5O4/c1-17-22(20-13-14-21(29)23(30)24(20)35-15-18-9-5-3-6-10-18)25(37-27(17,2)28(31,32)33)26(34)36-16-19-11-7-4-8-12-19/h3-14,17,22,25H,15-16H2,1-2H3/t17-,22-,25-,27+/m0/s1. The molecule has 0 amide bonds. The maximum Gasteiger partial charge on any atom is 0.417 e. The zero-order valence-electron chi connectivity index (χ0n) is 20.1. The Kier molecular flexibility index (Phi) is 7.54. The molecule has 1 fully saturated rings. The lowest BCUT2D eigenvalue weighted by Crippen LogP contribution is -2.47. The van der Waals surface area contributed by atoms with Crippen molar-refractivity contribution in [1.82, 2.24) is 0 Å². The first-order valence-electron chi connectivity index (χ1n) is 11.6. The molecule has 4 atom stereocenters. The summed E-state index contributed by atoms with van der Waals surface area (Å²) in [6, 6.07) is 19.1. The quantitative estimate of drug-likeness (QED) is 0.256. The van der Waals surface area contributed by atoms with Gasteiger partial charge >= 0.3 is 12.1 Å². The van der Waals surface area contributed by atoms with Gasteiger partial charge in [0.25, 0.3) is 0 Å². The average molecular weight is 520 g/mol. The van der Waals surface area contributed by atoms with Gasteiger partial charge in [-0.25, -0.2) is 9.18 Å². The zero-order chi connectivity index (χ0) is 26.8. The van der Waals surface area contributed by atoms with E-state index in [1.165, 1.54) is 6.92 Å². The van der Waals surface area contributed by atoms with E-state index in [2.05, 4.69) is 0 Å². The molecule has 3 aromatic carbocycles. The van der Waals surface area contributed by atoms with Crippen molar-refractivity contribution in [2.24, 2.45) is 5.92 Å². The molecular formula is C28H25F5O4. The Morgan fingerprint density at radius 1 is 0.919 bits per heavy atom. The first-order chi connectivity index (χ1) is 17.5. The van der Waals surface area contributed by atoms with Crippen molar-refractivity contribution in [1.29, 1.82) is 0 Å². The van der Waals surface area contributed by atoms with Crippen molar-refractivity contribution in [3.63, 3.8) is 0 Å². The second-order valence-corrected chi connectivity index (χ2v) is 9.11. The van der Waals surface area contributed by atoms with E-state index >= 15 is 0 Å². The summed E-state index contributed by atoms with van der Waals surface area (Å²) in [5.41, 5.74) is -1.61. The van der Waals surface area contributed by atoms with Gasteiger partial charge in [0, 0.05) is 17.4 Å². The van der Waals surface area contributed by atoms with Crippen molar-refractivity contribution in [2.45, 2.75) is 50.9 Å². The van der Waals surface area contributed by atoms with Gasteiger partial charge in [-0.05, 0) is 24.1 Å². The molecule has 9 heteroatoms. The summed E-state index contributed by atoms with van der Waals surface area (Å²) in [7, 11) is 0. The van der Waals surface area contributed by atoms with Gasteiger partial charge in [-0.15, -0.1) is 0 Å². The van der Waals surface area contributed by atoms with E-state index < -0.39 is 53.1 Å². The Bertz CT molecular complexity index is 1230. The third kappa shape index (κ3) is 5.32. The number of esters is 1. The molecule has 1 aliphatic rings. The number of alkyl halides is 3. The fourth-order valence-corrected chi connectivity index (χ4v) is 4.50. The molecule has 0 aromatic heterocycles. The molecule has 0 radical (unpaired) electrons. The van der Waals surface area contributed by atoms with E-state index in [4.69, 9.17) is 14.2 Å². The summed E-state index contributed by atoms with van der Waals surface area (Å²) in [6.07, 6.45) is -6.60. The van der Waals surface area contributed by atoms with Gasteiger partial charge < -0.3 is 14.2 Å². The lowest BCUT2D eigenvalue weighted by Gasteiger charge is -2.32. The van der Waals surface area contributed by atoms with Crippen molar-refractivity contribution in [3.05, 3.63) is 101 Å². The largest absolute Gasteiger partial charge is 0.485 e. The molecule has 1 saturated heterocycles. The molecule has 4 nitrogen and oxygen atoms in total. The second kappa shape index (κ2) is 10.5. The maximum atomic E-state index is 15.0. The first-order valence-corrected chi connectivity index (χ1v) is 11.6. The molecule has 0 bridgehead atoms. The zero-order valence-corrected chi connectivity index (χ0v) is 20.1. The fraction of sp³-hybridized carbons (Fsp3) is 0.321. The molecular weight excluding hydrogens is 495 g/mol. The SMILES string of the molecule is C[C@H]1[C@@H](c2ccc(F)c(F)c2OCc2ccccc2)[C@@H](C(=O)OCc2ccccc2)O[C@@]1(C)C(F)(F)F. The van der Waals surface area contributed by atoms with Gasteiger partial charge in [0.15, 0.2) is 23.3 Å². The normalized spacial score (nSPS) is 23.6. The molecule has 1 heterocycles. The molecule has 3 aromatic rings. The number of ether oxygens (including phenoxy) is 3. The Morgan fingerprint density at radius 2 is 1.49 bits per heavy atom. The van der Waals surface area contributed by atoms with Crippen molar-refractivity contribution >= 4 is 5.97 Å². The molecule has 196 valence electrons. The lowest BCUT2D eigenvalue weighted by molar-refractivity contribution is -0.274. The van der Waals surface area contributed by atoms with Crippen LogP contribution in [0.2, 0.25) is 0 Å². The Balaban J connectivity index is 1.71. The topological polar surface area (TPSA) is 44.8 Å². The van der Waals surface area contributed by atoms with Gasteiger partial charge in [-0.3, -0.25) is 0 Å². The highest BCUT2D eigenvalue weighted by Gasteiger charge is 2.66. The van der Waals surface area contributed by atoms with Crippen molar-refractivity contribution in [2.75, 3.05) is 0 Å². The summed E-state index contributed by atoms with van der Waals surface area (Å²) in [6.45, 7) is 1.72. The van der Waals surface area contributed by atoms with Crippen LogP contribution in [0, 0.1) is 17.6 Å². The predicted octanol–water partition coefficient (Wildman–Crippen LogP) is 6.73. The molecule has 0 saturated carbocycles. The number of carbonyl (C=O) groups is 1. The van der Waals surface area contributed by atoms with Crippen LogP contribution in [0.4, 0.5) is 22.0 Å². The Labute approximate surface area is 211 Å². The number of hydrogen-bond acceptors (Lipinski definition) is 4. The van der Waals surface area contributed by atoms with Crippen LogP contribution < -0.4 is 4.74 Å². The molecule has 1 aliphatic heterocycles. The third-order valence-corrected chi connectivity index (χ3v) is 6.79. The predicted molar refractivity (Wildman–Crippen MR) is 125 cm³/mol. The number of rotatable bonds is 7. The molecule has 37 heavy (non-hydrogen) atoms. The minimum Gasteiger partial charge on any atom is -0.485 e. The Hall–Kier alpha value is -3.46. The van der Waals surface area contributed by atoms with Crippen LogP contribution in [-0.2, 0) is 27.5 Å². The highest BCUT2D eigenvalue weighted by molar-refractivity contribution is 5.77. The van der Waals surface area contributed by atoms with E-state index in [1.54, 1.807) is 60.7 Å².